The molecule has 0 saturated carbocycles. The quantitative estimate of drug-likeness (QED) is 0.866. The Hall–Kier alpha value is -2.22. The van der Waals surface area contributed by atoms with E-state index in [0.717, 1.165) is 0 Å². The summed E-state index contributed by atoms with van der Waals surface area (Å²) in [6, 6.07) is 4.11. The van der Waals surface area contributed by atoms with Crippen LogP contribution in [0.3, 0.4) is 0 Å². The lowest BCUT2D eigenvalue weighted by molar-refractivity contribution is -0.143. The topological polar surface area (TPSA) is 58.6 Å². The van der Waals surface area contributed by atoms with E-state index in [2.05, 4.69) is 0 Å². The molecule has 26 heavy (non-hydrogen) atoms. The number of rotatable bonds is 3. The van der Waals surface area contributed by atoms with Crippen LogP contribution in [0, 0.1) is 0 Å². The van der Waals surface area contributed by atoms with Crippen LogP contribution < -0.4 is 10.1 Å². The van der Waals surface area contributed by atoms with Gasteiger partial charge >= 0.3 is 6.18 Å². The fourth-order valence-corrected chi connectivity index (χ4v) is 3.22. The minimum absolute atomic E-state index is 0.0286. The molecule has 0 aromatic heterocycles. The van der Waals surface area contributed by atoms with Crippen molar-refractivity contribution in [2.45, 2.75) is 25.1 Å². The Balaban J connectivity index is 1.73. The maximum atomic E-state index is 12.8. The average Bonchev–Trinajstić information content (AvgIpc) is 3.07. The summed E-state index contributed by atoms with van der Waals surface area (Å²) in [5.41, 5.74) is 0.972. The molecule has 1 saturated heterocycles. The summed E-state index contributed by atoms with van der Waals surface area (Å²) in [5, 5.41) is 2.34. The molecule has 0 bridgehead atoms. The highest BCUT2D eigenvalue weighted by Gasteiger charge is 2.37. The molecule has 1 aromatic carbocycles. The van der Waals surface area contributed by atoms with Gasteiger partial charge in [0.2, 0.25) is 5.91 Å². The molecule has 2 amide bonds. The summed E-state index contributed by atoms with van der Waals surface area (Å²) >= 11 is 5.94. The van der Waals surface area contributed by atoms with Crippen LogP contribution in [-0.4, -0.2) is 48.6 Å². The summed E-state index contributed by atoms with van der Waals surface area (Å²) in [6.45, 7) is -1.08. The minimum Gasteiger partial charge on any atom is -0.488 e. The molecule has 0 radical (unpaired) electrons. The monoisotopic (exact) mass is 388 g/mol. The zero-order valence-electron chi connectivity index (χ0n) is 13.6. The van der Waals surface area contributed by atoms with Crippen molar-refractivity contribution < 1.29 is 27.5 Å². The molecular weight excluding hydrogens is 373 g/mol. The molecule has 5 nitrogen and oxygen atoms in total. The molecule has 1 atom stereocenters. The first-order chi connectivity index (χ1) is 12.2. The Morgan fingerprint density at radius 2 is 2.12 bits per heavy atom. The maximum Gasteiger partial charge on any atom is 0.405 e. The summed E-state index contributed by atoms with van der Waals surface area (Å²) in [4.78, 5) is 26.1. The van der Waals surface area contributed by atoms with Gasteiger partial charge in [0.25, 0.3) is 5.91 Å². The number of halogens is 4. The van der Waals surface area contributed by atoms with E-state index in [-0.39, 0.29) is 6.61 Å². The van der Waals surface area contributed by atoms with Crippen LogP contribution >= 0.6 is 11.6 Å². The third-order valence-corrected chi connectivity index (χ3v) is 4.47. The fraction of sp³-hybridized carbons (Fsp3) is 0.412. The molecule has 0 unspecified atom stereocenters. The Bertz CT molecular complexity index is 764. The van der Waals surface area contributed by atoms with Crippen molar-refractivity contribution in [1.29, 1.82) is 0 Å². The van der Waals surface area contributed by atoms with E-state index >= 15 is 0 Å². The second-order valence-corrected chi connectivity index (χ2v) is 6.57. The second kappa shape index (κ2) is 7.19. The van der Waals surface area contributed by atoms with Gasteiger partial charge in [-0.25, -0.2) is 0 Å². The van der Waals surface area contributed by atoms with Gasteiger partial charge in [-0.2, -0.15) is 13.2 Å². The van der Waals surface area contributed by atoms with Crippen LogP contribution in [0.5, 0.6) is 5.75 Å². The van der Waals surface area contributed by atoms with Gasteiger partial charge in [-0.1, -0.05) is 11.6 Å². The second-order valence-electron chi connectivity index (χ2n) is 6.13. The van der Waals surface area contributed by atoms with Crippen LogP contribution in [0.2, 0.25) is 5.02 Å². The highest BCUT2D eigenvalue weighted by molar-refractivity contribution is 6.30. The number of hydrogen-bond acceptors (Lipinski definition) is 3. The molecule has 2 aliphatic rings. The molecular formula is C17H16ClF3N2O3. The summed E-state index contributed by atoms with van der Waals surface area (Å²) in [7, 11) is 0. The van der Waals surface area contributed by atoms with Crippen molar-refractivity contribution in [1.82, 2.24) is 10.2 Å². The van der Waals surface area contributed by atoms with E-state index in [1.165, 1.54) is 4.90 Å². The lowest BCUT2D eigenvalue weighted by Crippen LogP contribution is -2.48. The SMILES string of the molecule is O=C(NCC(F)(F)F)[C@@H]1CCCN1C(=O)C1=Cc2cc(Cl)ccc2OC1. The van der Waals surface area contributed by atoms with E-state index in [0.29, 0.717) is 41.3 Å². The zero-order chi connectivity index (χ0) is 18.9. The van der Waals surface area contributed by atoms with E-state index in [9.17, 15) is 22.8 Å². The molecule has 1 N–H and O–H groups in total. The van der Waals surface area contributed by atoms with Crippen molar-refractivity contribution in [3.05, 3.63) is 34.4 Å². The van der Waals surface area contributed by atoms with Crippen LogP contribution in [-0.2, 0) is 9.59 Å². The van der Waals surface area contributed by atoms with Gasteiger partial charge in [0.15, 0.2) is 0 Å². The largest absolute Gasteiger partial charge is 0.488 e. The van der Waals surface area contributed by atoms with Crippen LogP contribution in [0.1, 0.15) is 18.4 Å². The summed E-state index contributed by atoms with van der Waals surface area (Å²) < 4.78 is 42.4. The minimum atomic E-state index is -4.49. The number of ether oxygens (including phenoxy) is 1. The highest BCUT2D eigenvalue weighted by Crippen LogP contribution is 2.30. The Morgan fingerprint density at radius 3 is 2.85 bits per heavy atom. The molecule has 140 valence electrons. The number of benzene rings is 1. The van der Waals surface area contributed by atoms with Gasteiger partial charge in [0.1, 0.15) is 24.9 Å². The number of hydrogen-bond donors (Lipinski definition) is 1. The van der Waals surface area contributed by atoms with Crippen LogP contribution in [0.4, 0.5) is 13.2 Å². The number of likely N-dealkylation sites (tertiary alicyclic amines) is 1. The standard InChI is InChI=1S/C17H16ClF3N2O3/c18-12-3-4-14-10(7-12)6-11(8-26-14)16(25)23-5-1-2-13(23)15(24)22-9-17(19,20)21/h3-4,6-7,13H,1-2,5,8-9H2,(H,22,24)/t13-/m0/s1. The fourth-order valence-electron chi connectivity index (χ4n) is 3.04. The summed E-state index contributed by atoms with van der Waals surface area (Å²) in [5.74, 6) is -0.624. The number of alkyl halides is 3. The van der Waals surface area contributed by atoms with E-state index in [4.69, 9.17) is 16.3 Å². The molecule has 1 fully saturated rings. The number of nitrogens with zero attached hydrogens (tertiary/aromatic N) is 1. The average molecular weight is 389 g/mol. The van der Waals surface area contributed by atoms with Crippen molar-refractivity contribution in [3.8, 4) is 5.75 Å². The third-order valence-electron chi connectivity index (χ3n) is 4.24. The zero-order valence-corrected chi connectivity index (χ0v) is 14.4. The number of fused-ring (bicyclic) bond motifs is 1. The third kappa shape index (κ3) is 4.12. The molecule has 0 spiro atoms. The van der Waals surface area contributed by atoms with Gasteiger partial charge in [0, 0.05) is 17.1 Å². The molecule has 0 aliphatic carbocycles. The Morgan fingerprint density at radius 1 is 1.35 bits per heavy atom. The Kier molecular flexibility index (Phi) is 5.13. The van der Waals surface area contributed by atoms with Gasteiger partial charge in [-0.3, -0.25) is 9.59 Å². The van der Waals surface area contributed by atoms with Crippen LogP contribution in [0.15, 0.2) is 23.8 Å². The number of carbonyl (C=O) groups excluding carboxylic acids is 2. The maximum absolute atomic E-state index is 12.8. The highest BCUT2D eigenvalue weighted by atomic mass is 35.5. The van der Waals surface area contributed by atoms with Gasteiger partial charge in [0.05, 0.1) is 5.57 Å². The van der Waals surface area contributed by atoms with Gasteiger partial charge in [-0.05, 0) is 37.1 Å². The van der Waals surface area contributed by atoms with Gasteiger partial charge in [-0.15, -0.1) is 0 Å². The smallest absolute Gasteiger partial charge is 0.405 e. The van der Waals surface area contributed by atoms with Crippen molar-refractivity contribution in [2.75, 3.05) is 19.7 Å². The van der Waals surface area contributed by atoms with Crippen LogP contribution in [0.25, 0.3) is 6.08 Å². The molecule has 2 heterocycles. The number of carbonyl (C=O) groups is 2. The predicted octanol–water partition coefficient (Wildman–Crippen LogP) is 2.79. The van der Waals surface area contributed by atoms with E-state index < -0.39 is 30.6 Å². The normalized spacial score (nSPS) is 19.5. The molecule has 3 rings (SSSR count). The van der Waals surface area contributed by atoms with Crippen molar-refractivity contribution >= 4 is 29.5 Å². The number of nitrogens with one attached hydrogen (secondary N) is 1. The molecule has 2 aliphatic heterocycles. The first-order valence-electron chi connectivity index (χ1n) is 8.03. The van der Waals surface area contributed by atoms with Crippen molar-refractivity contribution in [2.24, 2.45) is 0 Å². The lowest BCUT2D eigenvalue weighted by Gasteiger charge is -2.27. The van der Waals surface area contributed by atoms with E-state index in [1.807, 2.05) is 5.32 Å². The molecule has 1 aromatic rings. The van der Waals surface area contributed by atoms with E-state index in [1.54, 1.807) is 24.3 Å². The molecule has 9 heteroatoms. The Labute approximate surface area is 152 Å². The van der Waals surface area contributed by atoms with Crippen molar-refractivity contribution in [3.63, 3.8) is 0 Å². The first-order valence-corrected chi connectivity index (χ1v) is 8.41. The predicted molar refractivity (Wildman–Crippen MR) is 88.7 cm³/mol. The van der Waals surface area contributed by atoms with Gasteiger partial charge < -0.3 is 15.0 Å². The lowest BCUT2D eigenvalue weighted by atomic mass is 10.1. The summed E-state index contributed by atoms with van der Waals surface area (Å²) in [6.07, 6.45) is -1.99. The number of amides is 2. The first kappa shape index (κ1) is 18.6.